The lowest BCUT2D eigenvalue weighted by atomic mass is 10.1. The number of rotatable bonds is 10. The molecule has 0 heterocycles. The van der Waals surface area contributed by atoms with Gasteiger partial charge in [0.2, 0.25) is 11.8 Å². The van der Waals surface area contributed by atoms with Crippen molar-refractivity contribution in [1.82, 2.24) is 10.2 Å². The van der Waals surface area contributed by atoms with E-state index in [4.69, 9.17) is 16.3 Å². The van der Waals surface area contributed by atoms with Gasteiger partial charge in [0, 0.05) is 12.1 Å². The van der Waals surface area contributed by atoms with Crippen LogP contribution in [0.4, 0.5) is 10.1 Å². The van der Waals surface area contributed by atoms with Gasteiger partial charge in [-0.05, 0) is 75.7 Å². The average Bonchev–Trinajstić information content (AvgIpc) is 2.91. The van der Waals surface area contributed by atoms with Gasteiger partial charge in [0.05, 0.1) is 22.7 Å². The third-order valence-corrected chi connectivity index (χ3v) is 8.06. The predicted molar refractivity (Wildman–Crippen MR) is 153 cm³/mol. The maximum Gasteiger partial charge on any atom is 0.264 e. The molecule has 0 spiro atoms. The van der Waals surface area contributed by atoms with E-state index in [-0.39, 0.29) is 22.2 Å². The van der Waals surface area contributed by atoms with Gasteiger partial charge >= 0.3 is 0 Å². The van der Waals surface area contributed by atoms with Gasteiger partial charge in [0.15, 0.2) is 0 Å². The van der Waals surface area contributed by atoms with Crippen LogP contribution in [0.5, 0.6) is 5.75 Å². The topological polar surface area (TPSA) is 96.0 Å². The lowest BCUT2D eigenvalue weighted by Crippen LogP contribution is -2.54. The first-order valence-electron chi connectivity index (χ1n) is 12.5. The van der Waals surface area contributed by atoms with E-state index in [0.717, 1.165) is 16.4 Å². The summed E-state index contributed by atoms with van der Waals surface area (Å²) in [7, 11) is -2.75. The zero-order valence-corrected chi connectivity index (χ0v) is 24.6. The van der Waals surface area contributed by atoms with Crippen molar-refractivity contribution >= 4 is 39.1 Å². The van der Waals surface area contributed by atoms with E-state index in [0.29, 0.717) is 11.3 Å². The van der Waals surface area contributed by atoms with E-state index in [1.54, 1.807) is 49.4 Å². The summed E-state index contributed by atoms with van der Waals surface area (Å²) in [6.07, 6.45) is 0. The molecular weight excluding hydrogens is 557 g/mol. The molecule has 1 atom stereocenters. The molecule has 3 rings (SSSR count). The molecular formula is C29H33ClFN3O5S. The number of ether oxygens (including phenoxy) is 1. The van der Waals surface area contributed by atoms with Crippen molar-refractivity contribution in [3.63, 3.8) is 0 Å². The molecule has 40 heavy (non-hydrogen) atoms. The Hall–Kier alpha value is -3.63. The molecule has 11 heteroatoms. The number of anilines is 1. The number of carbonyl (C=O) groups excluding carboxylic acids is 2. The Kier molecular flexibility index (Phi) is 9.81. The van der Waals surface area contributed by atoms with Crippen LogP contribution in [-0.2, 0) is 26.2 Å². The molecule has 3 aromatic carbocycles. The molecule has 0 aromatic heterocycles. The molecule has 0 bridgehead atoms. The first-order chi connectivity index (χ1) is 18.7. The second-order valence-electron chi connectivity index (χ2n) is 10.2. The molecule has 8 nitrogen and oxygen atoms in total. The first-order valence-corrected chi connectivity index (χ1v) is 14.3. The number of nitrogens with one attached hydrogen (secondary N) is 1. The zero-order chi connectivity index (χ0) is 29.7. The van der Waals surface area contributed by atoms with Crippen LogP contribution in [0.3, 0.4) is 0 Å². The summed E-state index contributed by atoms with van der Waals surface area (Å²) in [6.45, 7) is 6.39. The smallest absolute Gasteiger partial charge is 0.264 e. The highest BCUT2D eigenvalue weighted by molar-refractivity contribution is 7.92. The molecule has 214 valence electrons. The van der Waals surface area contributed by atoms with Gasteiger partial charge in [0.25, 0.3) is 10.0 Å². The summed E-state index contributed by atoms with van der Waals surface area (Å²) in [5, 5.41) is 2.57. The number of nitrogens with zero attached hydrogens (tertiary/aromatic N) is 2. The van der Waals surface area contributed by atoms with Gasteiger partial charge in [-0.3, -0.25) is 13.9 Å². The Balaban J connectivity index is 2.04. The fourth-order valence-corrected chi connectivity index (χ4v) is 5.47. The highest BCUT2D eigenvalue weighted by Gasteiger charge is 2.33. The molecule has 1 unspecified atom stereocenters. The summed E-state index contributed by atoms with van der Waals surface area (Å²) >= 11 is 5.98. The van der Waals surface area contributed by atoms with Crippen LogP contribution in [-0.4, -0.2) is 50.4 Å². The second kappa shape index (κ2) is 12.7. The Morgan fingerprint density at radius 2 is 1.65 bits per heavy atom. The van der Waals surface area contributed by atoms with Crippen molar-refractivity contribution < 1.29 is 27.1 Å². The maximum absolute atomic E-state index is 14.0. The number of hydrogen-bond donors (Lipinski definition) is 1. The van der Waals surface area contributed by atoms with E-state index in [9.17, 15) is 22.4 Å². The first kappa shape index (κ1) is 30.9. The highest BCUT2D eigenvalue weighted by Crippen LogP contribution is 2.28. The van der Waals surface area contributed by atoms with Crippen LogP contribution >= 0.6 is 11.6 Å². The van der Waals surface area contributed by atoms with Crippen molar-refractivity contribution in [3.05, 3.63) is 89.2 Å². The van der Waals surface area contributed by atoms with E-state index in [1.807, 2.05) is 20.8 Å². The van der Waals surface area contributed by atoms with E-state index in [1.165, 1.54) is 30.2 Å². The lowest BCUT2D eigenvalue weighted by Gasteiger charge is -2.33. The second-order valence-corrected chi connectivity index (χ2v) is 12.5. The SMILES string of the molecule is COc1ccc(CN(C(=O)CN(c2ccc(F)c(Cl)c2)S(=O)(=O)c2ccccc2)C(C)C(=O)NC(C)(C)C)cc1. The molecule has 2 amide bonds. The fourth-order valence-electron chi connectivity index (χ4n) is 3.87. The van der Waals surface area contributed by atoms with Crippen molar-refractivity contribution in [2.24, 2.45) is 0 Å². The van der Waals surface area contributed by atoms with E-state index in [2.05, 4.69) is 5.32 Å². The van der Waals surface area contributed by atoms with Crippen LogP contribution < -0.4 is 14.4 Å². The summed E-state index contributed by atoms with van der Waals surface area (Å²) in [5.74, 6) is -1.17. The molecule has 0 radical (unpaired) electrons. The molecule has 0 aliphatic rings. The van der Waals surface area contributed by atoms with Gasteiger partial charge in [0.1, 0.15) is 24.2 Å². The molecule has 3 aromatic rings. The number of sulfonamides is 1. The Morgan fingerprint density at radius 3 is 2.20 bits per heavy atom. The minimum absolute atomic E-state index is 0.000188. The number of amides is 2. The van der Waals surface area contributed by atoms with Crippen LogP contribution in [0.2, 0.25) is 5.02 Å². The minimum Gasteiger partial charge on any atom is -0.497 e. The van der Waals surface area contributed by atoms with Gasteiger partial charge in [-0.2, -0.15) is 0 Å². The Morgan fingerprint density at radius 1 is 1.02 bits per heavy atom. The van der Waals surface area contributed by atoms with Crippen molar-refractivity contribution in [1.29, 1.82) is 0 Å². The van der Waals surface area contributed by atoms with E-state index >= 15 is 0 Å². The van der Waals surface area contributed by atoms with Gasteiger partial charge in [-0.25, -0.2) is 12.8 Å². The van der Waals surface area contributed by atoms with Crippen molar-refractivity contribution in [2.45, 2.75) is 50.7 Å². The largest absolute Gasteiger partial charge is 0.497 e. The predicted octanol–water partition coefficient (Wildman–Crippen LogP) is 5.02. The Bertz CT molecular complexity index is 1440. The summed E-state index contributed by atoms with van der Waals surface area (Å²) in [5.41, 5.74) is 0.139. The molecule has 0 aliphatic heterocycles. The zero-order valence-electron chi connectivity index (χ0n) is 23.0. The average molecular weight is 590 g/mol. The summed E-state index contributed by atoms with van der Waals surface area (Å²) in [4.78, 5) is 28.3. The maximum atomic E-state index is 14.0. The number of benzene rings is 3. The fraction of sp³-hybridized carbons (Fsp3) is 0.310. The van der Waals surface area contributed by atoms with Crippen LogP contribution in [0, 0.1) is 5.82 Å². The normalized spacial score (nSPS) is 12.4. The Labute approximate surface area is 239 Å². The number of halogens is 2. The molecule has 0 saturated heterocycles. The summed E-state index contributed by atoms with van der Waals surface area (Å²) in [6, 6.07) is 17.0. The quantitative estimate of drug-likeness (QED) is 0.358. The molecule has 0 saturated carbocycles. The third-order valence-electron chi connectivity index (χ3n) is 5.98. The monoisotopic (exact) mass is 589 g/mol. The van der Waals surface area contributed by atoms with Crippen molar-refractivity contribution in [2.75, 3.05) is 18.0 Å². The minimum atomic E-state index is -4.28. The lowest BCUT2D eigenvalue weighted by molar-refractivity contribution is -0.140. The van der Waals surface area contributed by atoms with Gasteiger partial charge in [-0.15, -0.1) is 0 Å². The molecule has 0 fully saturated rings. The third kappa shape index (κ3) is 7.73. The standard InChI is InChI=1S/C29H33ClFN3O5S/c1-20(28(36)32-29(2,3)4)33(18-21-11-14-23(39-5)15-12-21)27(35)19-34(22-13-16-26(31)25(30)17-22)40(37,38)24-9-7-6-8-10-24/h6-17,20H,18-19H2,1-5H3,(H,32,36). The van der Waals surface area contributed by atoms with E-state index < -0.39 is 45.8 Å². The van der Waals surface area contributed by atoms with Gasteiger partial charge in [-0.1, -0.05) is 41.9 Å². The highest BCUT2D eigenvalue weighted by atomic mass is 35.5. The molecule has 0 aliphatic carbocycles. The molecule has 1 N–H and O–H groups in total. The van der Waals surface area contributed by atoms with Crippen molar-refractivity contribution in [3.8, 4) is 5.75 Å². The van der Waals surface area contributed by atoms with Crippen LogP contribution in [0.15, 0.2) is 77.7 Å². The van der Waals surface area contributed by atoms with Crippen LogP contribution in [0.25, 0.3) is 0 Å². The number of carbonyl (C=O) groups is 2. The van der Waals surface area contributed by atoms with Crippen LogP contribution in [0.1, 0.15) is 33.3 Å². The number of hydrogen-bond acceptors (Lipinski definition) is 5. The van der Waals surface area contributed by atoms with Gasteiger partial charge < -0.3 is 15.0 Å². The summed E-state index contributed by atoms with van der Waals surface area (Å²) < 4.78 is 47.5. The number of methoxy groups -OCH3 is 1.